The molecule has 0 atom stereocenters. The van der Waals surface area contributed by atoms with Gasteiger partial charge in [0.1, 0.15) is 5.76 Å². The standard InChI is InChI=1S/C15H23N3O3/c1-3-4-5-14(19)18-8-6-12(7-9-18)16-15(20)13-10-11(2)21-17-13/h10,12H,3-9H2,1-2H3,(H,16,20). The van der Waals surface area contributed by atoms with E-state index in [1.165, 1.54) is 0 Å². The SMILES string of the molecule is CCCCC(=O)N1CCC(NC(=O)c2cc(C)on2)CC1. The summed E-state index contributed by atoms with van der Waals surface area (Å²) in [6, 6.07) is 1.73. The minimum atomic E-state index is -0.206. The van der Waals surface area contributed by atoms with Crippen molar-refractivity contribution >= 4 is 11.8 Å². The van der Waals surface area contributed by atoms with Crippen molar-refractivity contribution in [2.24, 2.45) is 0 Å². The van der Waals surface area contributed by atoms with E-state index in [9.17, 15) is 9.59 Å². The minimum absolute atomic E-state index is 0.102. The quantitative estimate of drug-likeness (QED) is 0.899. The number of nitrogens with zero attached hydrogens (tertiary/aromatic N) is 2. The molecule has 1 aliphatic heterocycles. The third-order valence-corrected chi connectivity index (χ3v) is 3.79. The third kappa shape index (κ3) is 4.31. The third-order valence-electron chi connectivity index (χ3n) is 3.79. The largest absolute Gasteiger partial charge is 0.361 e. The summed E-state index contributed by atoms with van der Waals surface area (Å²) in [6.45, 7) is 5.27. The van der Waals surface area contributed by atoms with Crippen LogP contribution in [0.4, 0.5) is 0 Å². The van der Waals surface area contributed by atoms with Crippen LogP contribution in [-0.4, -0.2) is 41.0 Å². The van der Waals surface area contributed by atoms with Gasteiger partial charge in [0.15, 0.2) is 5.69 Å². The Hall–Kier alpha value is -1.85. The van der Waals surface area contributed by atoms with E-state index in [1.807, 2.05) is 4.90 Å². The molecule has 1 saturated heterocycles. The first-order valence-corrected chi connectivity index (χ1v) is 7.62. The van der Waals surface area contributed by atoms with Gasteiger partial charge in [0.25, 0.3) is 5.91 Å². The number of aromatic nitrogens is 1. The van der Waals surface area contributed by atoms with Crippen molar-refractivity contribution < 1.29 is 14.1 Å². The van der Waals surface area contributed by atoms with Gasteiger partial charge in [-0.1, -0.05) is 18.5 Å². The molecule has 2 heterocycles. The van der Waals surface area contributed by atoms with E-state index in [1.54, 1.807) is 13.0 Å². The topological polar surface area (TPSA) is 75.4 Å². The molecule has 0 aromatic carbocycles. The van der Waals surface area contributed by atoms with E-state index in [-0.39, 0.29) is 17.9 Å². The number of carbonyl (C=O) groups is 2. The molecule has 0 radical (unpaired) electrons. The number of likely N-dealkylation sites (tertiary alicyclic amines) is 1. The van der Waals surface area contributed by atoms with Crippen LogP contribution in [0.3, 0.4) is 0 Å². The van der Waals surface area contributed by atoms with Gasteiger partial charge in [0, 0.05) is 31.6 Å². The molecule has 1 aromatic rings. The van der Waals surface area contributed by atoms with Crippen LogP contribution in [0.2, 0.25) is 0 Å². The van der Waals surface area contributed by atoms with Gasteiger partial charge in [0.2, 0.25) is 5.91 Å². The summed E-state index contributed by atoms with van der Waals surface area (Å²) in [5.74, 6) is 0.646. The Morgan fingerprint density at radius 1 is 1.43 bits per heavy atom. The summed E-state index contributed by atoms with van der Waals surface area (Å²) >= 11 is 0. The van der Waals surface area contributed by atoms with Crippen molar-refractivity contribution in [2.45, 2.75) is 52.0 Å². The second-order valence-electron chi connectivity index (χ2n) is 5.55. The summed E-state index contributed by atoms with van der Waals surface area (Å²) in [5.41, 5.74) is 0.314. The van der Waals surface area contributed by atoms with Gasteiger partial charge in [0.05, 0.1) is 0 Å². The van der Waals surface area contributed by atoms with Crippen LogP contribution in [0.1, 0.15) is 55.3 Å². The number of piperidine rings is 1. The van der Waals surface area contributed by atoms with E-state index < -0.39 is 0 Å². The van der Waals surface area contributed by atoms with Gasteiger partial charge in [-0.25, -0.2) is 0 Å². The van der Waals surface area contributed by atoms with Crippen molar-refractivity contribution in [2.75, 3.05) is 13.1 Å². The van der Waals surface area contributed by atoms with Crippen molar-refractivity contribution in [1.29, 1.82) is 0 Å². The Morgan fingerprint density at radius 2 is 2.14 bits per heavy atom. The summed E-state index contributed by atoms with van der Waals surface area (Å²) in [6.07, 6.45) is 4.20. The lowest BCUT2D eigenvalue weighted by atomic mass is 10.0. The Balaban J connectivity index is 1.76. The van der Waals surface area contributed by atoms with Crippen LogP contribution in [0.5, 0.6) is 0 Å². The second-order valence-corrected chi connectivity index (χ2v) is 5.55. The molecule has 2 rings (SSSR count). The molecule has 116 valence electrons. The normalized spacial score (nSPS) is 16.0. The molecule has 21 heavy (non-hydrogen) atoms. The first kappa shape index (κ1) is 15.5. The molecule has 0 aliphatic carbocycles. The maximum absolute atomic E-state index is 12.0. The molecule has 0 spiro atoms. The van der Waals surface area contributed by atoms with Gasteiger partial charge >= 0.3 is 0 Å². The fourth-order valence-corrected chi connectivity index (χ4v) is 2.49. The summed E-state index contributed by atoms with van der Waals surface area (Å²) < 4.78 is 4.90. The number of aryl methyl sites for hydroxylation is 1. The number of nitrogens with one attached hydrogen (secondary N) is 1. The smallest absolute Gasteiger partial charge is 0.273 e. The first-order chi connectivity index (χ1) is 10.1. The average Bonchev–Trinajstić information content (AvgIpc) is 2.92. The maximum Gasteiger partial charge on any atom is 0.273 e. The zero-order valence-electron chi connectivity index (χ0n) is 12.7. The number of carbonyl (C=O) groups excluding carboxylic acids is 2. The van der Waals surface area contributed by atoms with Gasteiger partial charge in [-0.2, -0.15) is 0 Å². The Morgan fingerprint density at radius 3 is 2.71 bits per heavy atom. The van der Waals surface area contributed by atoms with Crippen LogP contribution in [0.25, 0.3) is 0 Å². The predicted octanol–water partition coefficient (Wildman–Crippen LogP) is 1.89. The number of hydrogen-bond acceptors (Lipinski definition) is 4. The van der Waals surface area contributed by atoms with Gasteiger partial charge in [-0.05, 0) is 26.2 Å². The Kier molecular flexibility index (Phi) is 5.36. The van der Waals surface area contributed by atoms with Gasteiger partial charge in [-0.15, -0.1) is 0 Å². The van der Waals surface area contributed by atoms with E-state index in [0.29, 0.717) is 31.0 Å². The van der Waals surface area contributed by atoms with Crippen LogP contribution in [-0.2, 0) is 4.79 Å². The lowest BCUT2D eigenvalue weighted by molar-refractivity contribution is -0.132. The first-order valence-electron chi connectivity index (χ1n) is 7.62. The van der Waals surface area contributed by atoms with Crippen molar-refractivity contribution in [3.8, 4) is 0 Å². The molecule has 0 saturated carbocycles. The maximum atomic E-state index is 12.0. The molecule has 6 nitrogen and oxygen atoms in total. The fraction of sp³-hybridized carbons (Fsp3) is 0.667. The molecule has 0 bridgehead atoms. The highest BCUT2D eigenvalue weighted by Gasteiger charge is 2.24. The summed E-state index contributed by atoms with van der Waals surface area (Å²) in [4.78, 5) is 25.8. The molecule has 6 heteroatoms. The number of unbranched alkanes of at least 4 members (excludes halogenated alkanes) is 1. The summed E-state index contributed by atoms with van der Waals surface area (Å²) in [5, 5.41) is 6.66. The van der Waals surface area contributed by atoms with Gasteiger partial charge < -0.3 is 14.7 Å². The fourth-order valence-electron chi connectivity index (χ4n) is 2.49. The van der Waals surface area contributed by atoms with Crippen molar-refractivity contribution in [3.63, 3.8) is 0 Å². The highest BCUT2D eigenvalue weighted by Crippen LogP contribution is 2.13. The van der Waals surface area contributed by atoms with E-state index in [4.69, 9.17) is 4.52 Å². The lowest BCUT2D eigenvalue weighted by Gasteiger charge is -2.32. The number of amides is 2. The molecule has 2 amide bonds. The lowest BCUT2D eigenvalue weighted by Crippen LogP contribution is -2.46. The van der Waals surface area contributed by atoms with E-state index >= 15 is 0 Å². The number of rotatable bonds is 5. The molecule has 1 fully saturated rings. The highest BCUT2D eigenvalue weighted by atomic mass is 16.5. The molecule has 1 N–H and O–H groups in total. The minimum Gasteiger partial charge on any atom is -0.361 e. The molecular weight excluding hydrogens is 270 g/mol. The molecule has 1 aliphatic rings. The van der Waals surface area contributed by atoms with E-state index in [0.717, 1.165) is 25.7 Å². The number of hydrogen-bond donors (Lipinski definition) is 1. The van der Waals surface area contributed by atoms with Crippen LogP contribution >= 0.6 is 0 Å². The van der Waals surface area contributed by atoms with Crippen molar-refractivity contribution in [3.05, 3.63) is 17.5 Å². The summed E-state index contributed by atoms with van der Waals surface area (Å²) in [7, 11) is 0. The zero-order chi connectivity index (χ0) is 15.2. The van der Waals surface area contributed by atoms with Crippen LogP contribution in [0, 0.1) is 6.92 Å². The van der Waals surface area contributed by atoms with E-state index in [2.05, 4.69) is 17.4 Å². The Bertz CT molecular complexity index is 490. The highest BCUT2D eigenvalue weighted by molar-refractivity contribution is 5.92. The molecule has 0 unspecified atom stereocenters. The molecular formula is C15H23N3O3. The monoisotopic (exact) mass is 293 g/mol. The second kappa shape index (κ2) is 7.24. The van der Waals surface area contributed by atoms with Crippen LogP contribution < -0.4 is 5.32 Å². The molecule has 1 aromatic heterocycles. The Labute approximate surface area is 124 Å². The average molecular weight is 293 g/mol. The van der Waals surface area contributed by atoms with Crippen LogP contribution in [0.15, 0.2) is 10.6 Å². The van der Waals surface area contributed by atoms with Gasteiger partial charge in [-0.3, -0.25) is 9.59 Å². The predicted molar refractivity (Wildman–Crippen MR) is 77.8 cm³/mol. The zero-order valence-corrected chi connectivity index (χ0v) is 12.7. The van der Waals surface area contributed by atoms with Crippen molar-refractivity contribution in [1.82, 2.24) is 15.4 Å².